The second kappa shape index (κ2) is 9.61. The Balaban J connectivity index is 0. The summed E-state index contributed by atoms with van der Waals surface area (Å²) >= 11 is 0. The summed E-state index contributed by atoms with van der Waals surface area (Å²) in [5.74, 6) is -0.833. The summed E-state index contributed by atoms with van der Waals surface area (Å²) in [6.07, 6.45) is 2.75. The van der Waals surface area contributed by atoms with E-state index in [0.717, 1.165) is 13.5 Å². The van der Waals surface area contributed by atoms with Gasteiger partial charge in [0.05, 0.1) is 0 Å². The largest absolute Gasteiger partial charge is 0.481 e. The van der Waals surface area contributed by atoms with Crippen molar-refractivity contribution in [2.24, 2.45) is 0 Å². The van der Waals surface area contributed by atoms with E-state index in [2.05, 4.69) is 0 Å². The van der Waals surface area contributed by atoms with Crippen LogP contribution in [0.4, 0.5) is 0 Å². The Morgan fingerprint density at radius 1 is 1.55 bits per heavy atom. The highest BCUT2D eigenvalue weighted by Gasteiger charge is 1.96. The second-order valence-corrected chi connectivity index (χ2v) is 3.72. The molecule has 0 aliphatic carbocycles. The first kappa shape index (κ1) is 13.2. The van der Waals surface area contributed by atoms with Crippen LogP contribution in [-0.2, 0) is 9.22 Å². The molecule has 1 saturated heterocycles. The van der Waals surface area contributed by atoms with Gasteiger partial charge < -0.3 is 15.7 Å². The molecule has 0 aromatic carbocycles. The van der Waals surface area contributed by atoms with Crippen LogP contribution in [0.15, 0.2) is 0 Å². The van der Waals surface area contributed by atoms with E-state index in [1.165, 1.54) is 18.9 Å². The summed E-state index contributed by atoms with van der Waals surface area (Å²) in [6.45, 7) is 2.15. The molecule has 11 heavy (non-hydrogen) atoms. The quantitative estimate of drug-likeness (QED) is 0.532. The Labute approximate surface area is 69.5 Å². The molecule has 0 bridgehead atoms. The summed E-state index contributed by atoms with van der Waals surface area (Å²) in [6, 6.07) is 1.42. The molecule has 0 radical (unpaired) electrons. The highest BCUT2D eigenvalue weighted by Crippen LogP contribution is 2.01. The predicted molar refractivity (Wildman–Crippen MR) is 46.9 cm³/mol. The third kappa shape index (κ3) is 17.7. The van der Waals surface area contributed by atoms with Crippen molar-refractivity contribution < 1.29 is 14.3 Å². The molecule has 1 heterocycles. The molecular weight excluding hydrogens is 162 g/mol. The average Bonchev–Trinajstić information content (AvgIpc) is 1.90. The first-order chi connectivity index (χ1) is 4.73. The van der Waals surface area contributed by atoms with Gasteiger partial charge in [-0.15, -0.1) is 0 Å². The molecule has 1 rings (SSSR count). The van der Waals surface area contributed by atoms with Gasteiger partial charge in [-0.3, -0.25) is 4.79 Å². The number of rotatable bonds is 0. The number of carboxylic acid groups (broad SMARTS) is 1. The minimum Gasteiger partial charge on any atom is -0.481 e. The maximum absolute atomic E-state index is 9.00. The predicted octanol–water partition coefficient (Wildman–Crippen LogP) is 0.552. The summed E-state index contributed by atoms with van der Waals surface area (Å²) in [7, 11) is 0.00849. The Morgan fingerprint density at radius 3 is 2.18 bits per heavy atom. The van der Waals surface area contributed by atoms with Crippen LogP contribution in [0.25, 0.3) is 0 Å². The summed E-state index contributed by atoms with van der Waals surface area (Å²) in [5, 5.41) is 7.42. The lowest BCUT2D eigenvalue weighted by Crippen LogP contribution is -2.06. The maximum atomic E-state index is 9.00. The van der Waals surface area contributed by atoms with Crippen LogP contribution in [-0.4, -0.2) is 27.4 Å². The van der Waals surface area contributed by atoms with Crippen molar-refractivity contribution in [1.29, 1.82) is 0 Å². The fourth-order valence-corrected chi connectivity index (χ4v) is 1.86. The molecule has 0 amide bonds. The standard InChI is InChI=1S/C4H10OSi.C2H4O2.H3N/c1-2-4-6-5-3-1;1-2(3)4;/h1-4,6H2;1H3,(H,3,4);1H3. The summed E-state index contributed by atoms with van der Waals surface area (Å²) < 4.78 is 5.21. The number of hydrogen-bond donors (Lipinski definition) is 2. The lowest BCUT2D eigenvalue weighted by atomic mass is 10.4. The van der Waals surface area contributed by atoms with Gasteiger partial charge in [0.1, 0.15) is 0 Å². The van der Waals surface area contributed by atoms with Gasteiger partial charge in [-0.2, -0.15) is 0 Å². The molecule has 0 saturated carbocycles. The molecule has 0 unspecified atom stereocenters. The number of hydrogen-bond acceptors (Lipinski definition) is 3. The minimum atomic E-state index is -0.833. The minimum absolute atomic E-state index is 0. The van der Waals surface area contributed by atoms with E-state index in [0.29, 0.717) is 0 Å². The first-order valence-electron chi connectivity index (χ1n) is 3.51. The molecule has 1 fully saturated rings. The molecule has 0 aromatic heterocycles. The van der Waals surface area contributed by atoms with Crippen molar-refractivity contribution in [3.8, 4) is 0 Å². The molecule has 4 N–H and O–H groups in total. The number of carbonyl (C=O) groups is 1. The Bertz CT molecular complexity index is 80.3. The maximum Gasteiger partial charge on any atom is 0.300 e. The average molecular weight is 179 g/mol. The van der Waals surface area contributed by atoms with Gasteiger partial charge in [-0.05, 0) is 12.5 Å². The van der Waals surface area contributed by atoms with Crippen LogP contribution < -0.4 is 6.15 Å². The van der Waals surface area contributed by atoms with E-state index in [1.54, 1.807) is 0 Å². The van der Waals surface area contributed by atoms with Crippen LogP contribution in [0.1, 0.15) is 19.8 Å². The fraction of sp³-hybridized carbons (Fsp3) is 0.833. The number of carboxylic acids is 1. The summed E-state index contributed by atoms with van der Waals surface area (Å²) in [4.78, 5) is 9.00. The van der Waals surface area contributed by atoms with Crippen molar-refractivity contribution >= 4 is 15.7 Å². The fourth-order valence-electron chi connectivity index (χ4n) is 0.687. The van der Waals surface area contributed by atoms with Crippen LogP contribution >= 0.6 is 0 Å². The van der Waals surface area contributed by atoms with Crippen molar-refractivity contribution in [3.63, 3.8) is 0 Å². The van der Waals surface area contributed by atoms with Crippen LogP contribution in [0, 0.1) is 0 Å². The lowest BCUT2D eigenvalue weighted by Gasteiger charge is -2.07. The highest BCUT2D eigenvalue weighted by atomic mass is 28.2. The molecule has 4 nitrogen and oxygen atoms in total. The zero-order valence-electron chi connectivity index (χ0n) is 7.01. The zero-order valence-corrected chi connectivity index (χ0v) is 8.42. The third-order valence-corrected chi connectivity index (χ3v) is 2.44. The normalized spacial score (nSPS) is 17.5. The molecule has 68 valence electrons. The van der Waals surface area contributed by atoms with Crippen molar-refractivity contribution in [3.05, 3.63) is 0 Å². The first-order valence-corrected chi connectivity index (χ1v) is 5.08. The Kier molecular flexibility index (Phi) is 11.5. The van der Waals surface area contributed by atoms with Gasteiger partial charge in [-0.1, -0.05) is 6.42 Å². The van der Waals surface area contributed by atoms with Crippen LogP contribution in [0.5, 0.6) is 0 Å². The van der Waals surface area contributed by atoms with E-state index < -0.39 is 5.97 Å². The SMILES string of the molecule is C1CC[SiH2]OC1.CC(=O)O.N. The van der Waals surface area contributed by atoms with Gasteiger partial charge in [0.2, 0.25) is 0 Å². The highest BCUT2D eigenvalue weighted by molar-refractivity contribution is 6.27. The van der Waals surface area contributed by atoms with Gasteiger partial charge in [0.15, 0.2) is 9.76 Å². The van der Waals surface area contributed by atoms with E-state index in [-0.39, 0.29) is 15.9 Å². The monoisotopic (exact) mass is 179 g/mol. The molecule has 1 aliphatic rings. The summed E-state index contributed by atoms with van der Waals surface area (Å²) in [5.41, 5.74) is 0. The number of aliphatic carboxylic acids is 1. The van der Waals surface area contributed by atoms with Crippen LogP contribution in [0.3, 0.4) is 0 Å². The molecule has 0 spiro atoms. The zero-order chi connectivity index (χ0) is 7.82. The van der Waals surface area contributed by atoms with Crippen molar-refractivity contribution in [1.82, 2.24) is 6.15 Å². The molecule has 0 aromatic rings. The van der Waals surface area contributed by atoms with Gasteiger partial charge in [-0.25, -0.2) is 0 Å². The molecule has 5 heteroatoms. The van der Waals surface area contributed by atoms with E-state index in [4.69, 9.17) is 14.3 Å². The van der Waals surface area contributed by atoms with Crippen molar-refractivity contribution in [2.75, 3.05) is 6.61 Å². The third-order valence-electron chi connectivity index (χ3n) is 1.08. The van der Waals surface area contributed by atoms with Crippen molar-refractivity contribution in [2.45, 2.75) is 25.8 Å². The van der Waals surface area contributed by atoms with Gasteiger partial charge in [0, 0.05) is 13.5 Å². The van der Waals surface area contributed by atoms with E-state index >= 15 is 0 Å². The van der Waals surface area contributed by atoms with E-state index in [1.807, 2.05) is 0 Å². The molecule has 0 atom stereocenters. The second-order valence-electron chi connectivity index (χ2n) is 2.19. The Hall–Kier alpha value is -0.393. The van der Waals surface area contributed by atoms with Crippen LogP contribution in [0.2, 0.25) is 6.04 Å². The molecule has 1 aliphatic heterocycles. The topological polar surface area (TPSA) is 81.5 Å². The van der Waals surface area contributed by atoms with Gasteiger partial charge in [0.25, 0.3) is 5.97 Å². The smallest absolute Gasteiger partial charge is 0.300 e. The Morgan fingerprint density at radius 2 is 2.09 bits per heavy atom. The molecular formula is C6H17NO3Si. The van der Waals surface area contributed by atoms with E-state index in [9.17, 15) is 0 Å². The lowest BCUT2D eigenvalue weighted by molar-refractivity contribution is -0.134. The van der Waals surface area contributed by atoms with Gasteiger partial charge >= 0.3 is 0 Å².